The SMILES string of the molecule is COCc1cccc(Nc2ncnc(Cl)c2OC)c1. The Morgan fingerprint density at radius 3 is 2.84 bits per heavy atom. The maximum Gasteiger partial charge on any atom is 0.199 e. The van der Waals surface area contributed by atoms with E-state index in [1.807, 2.05) is 24.3 Å². The maximum atomic E-state index is 5.94. The molecule has 1 N–H and O–H groups in total. The Morgan fingerprint density at radius 1 is 1.26 bits per heavy atom. The summed E-state index contributed by atoms with van der Waals surface area (Å²) in [6, 6.07) is 7.82. The first-order valence-corrected chi connectivity index (χ1v) is 6.01. The lowest BCUT2D eigenvalue weighted by Gasteiger charge is -2.11. The lowest BCUT2D eigenvalue weighted by Crippen LogP contribution is -2.00. The quantitative estimate of drug-likeness (QED) is 0.853. The van der Waals surface area contributed by atoms with Crippen LogP contribution < -0.4 is 10.1 Å². The zero-order valence-corrected chi connectivity index (χ0v) is 11.4. The predicted molar refractivity (Wildman–Crippen MR) is 74.0 cm³/mol. The van der Waals surface area contributed by atoms with Crippen molar-refractivity contribution < 1.29 is 9.47 Å². The molecule has 1 heterocycles. The second-order valence-corrected chi connectivity index (χ2v) is 4.16. The van der Waals surface area contributed by atoms with Crippen LogP contribution >= 0.6 is 11.6 Å². The number of anilines is 2. The number of aromatic nitrogens is 2. The average molecular weight is 280 g/mol. The molecule has 19 heavy (non-hydrogen) atoms. The van der Waals surface area contributed by atoms with Crippen LogP contribution in [0.15, 0.2) is 30.6 Å². The molecule has 0 aliphatic carbocycles. The van der Waals surface area contributed by atoms with E-state index in [1.54, 1.807) is 7.11 Å². The number of nitrogens with zero attached hydrogens (tertiary/aromatic N) is 2. The summed E-state index contributed by atoms with van der Waals surface area (Å²) in [5.41, 5.74) is 1.94. The molecule has 0 radical (unpaired) electrons. The summed E-state index contributed by atoms with van der Waals surface area (Å²) in [4.78, 5) is 7.99. The molecular formula is C13H14ClN3O2. The number of methoxy groups -OCH3 is 2. The largest absolute Gasteiger partial charge is 0.490 e. The smallest absolute Gasteiger partial charge is 0.199 e. The molecule has 0 aliphatic rings. The van der Waals surface area contributed by atoms with Gasteiger partial charge in [0.2, 0.25) is 0 Å². The van der Waals surface area contributed by atoms with Crippen LogP contribution in [-0.2, 0) is 11.3 Å². The number of benzene rings is 1. The van der Waals surface area contributed by atoms with Crippen LogP contribution in [-0.4, -0.2) is 24.2 Å². The summed E-state index contributed by atoms with van der Waals surface area (Å²) in [5.74, 6) is 0.943. The molecule has 0 fully saturated rings. The molecular weight excluding hydrogens is 266 g/mol. The fourth-order valence-electron chi connectivity index (χ4n) is 1.66. The Balaban J connectivity index is 2.26. The molecule has 1 aromatic carbocycles. The molecule has 100 valence electrons. The van der Waals surface area contributed by atoms with Crippen molar-refractivity contribution in [1.29, 1.82) is 0 Å². The molecule has 5 nitrogen and oxygen atoms in total. The molecule has 6 heteroatoms. The number of halogens is 1. The Bertz CT molecular complexity index is 563. The molecule has 1 aromatic heterocycles. The monoisotopic (exact) mass is 279 g/mol. The molecule has 0 atom stereocenters. The second-order valence-electron chi connectivity index (χ2n) is 3.80. The normalized spacial score (nSPS) is 10.3. The minimum Gasteiger partial charge on any atom is -0.490 e. The summed E-state index contributed by atoms with van der Waals surface area (Å²) in [6.07, 6.45) is 1.38. The van der Waals surface area contributed by atoms with Gasteiger partial charge in [-0.25, -0.2) is 9.97 Å². The average Bonchev–Trinajstić information content (AvgIpc) is 2.40. The lowest BCUT2D eigenvalue weighted by molar-refractivity contribution is 0.185. The molecule has 0 bridgehead atoms. The number of rotatable bonds is 5. The van der Waals surface area contributed by atoms with Crippen molar-refractivity contribution in [3.8, 4) is 5.75 Å². The van der Waals surface area contributed by atoms with E-state index >= 15 is 0 Å². The molecule has 0 unspecified atom stereocenters. The molecule has 0 saturated heterocycles. The highest BCUT2D eigenvalue weighted by atomic mass is 35.5. The van der Waals surface area contributed by atoms with Crippen molar-refractivity contribution in [2.75, 3.05) is 19.5 Å². The van der Waals surface area contributed by atoms with Gasteiger partial charge in [-0.2, -0.15) is 0 Å². The second kappa shape index (κ2) is 6.36. The number of nitrogens with one attached hydrogen (secondary N) is 1. The Labute approximate surface area is 116 Å². The summed E-state index contributed by atoms with van der Waals surface area (Å²) in [7, 11) is 3.18. The number of hydrogen-bond acceptors (Lipinski definition) is 5. The van der Waals surface area contributed by atoms with Gasteiger partial charge in [-0.1, -0.05) is 23.7 Å². The van der Waals surface area contributed by atoms with Gasteiger partial charge in [0.25, 0.3) is 0 Å². The summed E-state index contributed by atoms with van der Waals surface area (Å²) >= 11 is 5.94. The van der Waals surface area contributed by atoms with Gasteiger partial charge in [0, 0.05) is 12.8 Å². The van der Waals surface area contributed by atoms with E-state index < -0.39 is 0 Å². The first-order chi connectivity index (χ1) is 9.24. The molecule has 0 aliphatic heterocycles. The van der Waals surface area contributed by atoms with E-state index in [4.69, 9.17) is 21.1 Å². The first-order valence-electron chi connectivity index (χ1n) is 5.64. The highest BCUT2D eigenvalue weighted by Crippen LogP contribution is 2.30. The standard InChI is InChI=1S/C13H14ClN3O2/c1-18-7-9-4-3-5-10(6-9)17-13-11(19-2)12(14)15-8-16-13/h3-6,8H,7H2,1-2H3,(H,15,16,17). The van der Waals surface area contributed by atoms with Gasteiger partial charge in [-0.15, -0.1) is 0 Å². The highest BCUT2D eigenvalue weighted by Gasteiger charge is 2.10. The molecule has 0 amide bonds. The lowest BCUT2D eigenvalue weighted by atomic mass is 10.2. The van der Waals surface area contributed by atoms with Crippen LogP contribution in [0.4, 0.5) is 11.5 Å². The van der Waals surface area contributed by atoms with E-state index in [2.05, 4.69) is 15.3 Å². The minimum absolute atomic E-state index is 0.271. The molecule has 2 rings (SSSR count). The zero-order valence-electron chi connectivity index (χ0n) is 10.7. The molecule has 0 spiro atoms. The molecule has 0 saturated carbocycles. The van der Waals surface area contributed by atoms with Gasteiger partial charge in [0.15, 0.2) is 16.7 Å². The summed E-state index contributed by atoms with van der Waals surface area (Å²) < 4.78 is 10.3. The van der Waals surface area contributed by atoms with E-state index in [0.29, 0.717) is 18.2 Å². The highest BCUT2D eigenvalue weighted by molar-refractivity contribution is 6.31. The van der Waals surface area contributed by atoms with Crippen molar-refractivity contribution >= 4 is 23.1 Å². The van der Waals surface area contributed by atoms with Gasteiger partial charge >= 0.3 is 0 Å². The topological polar surface area (TPSA) is 56.3 Å². The van der Waals surface area contributed by atoms with E-state index in [9.17, 15) is 0 Å². The van der Waals surface area contributed by atoms with Crippen molar-refractivity contribution in [2.45, 2.75) is 6.61 Å². The first kappa shape index (κ1) is 13.6. The zero-order chi connectivity index (χ0) is 13.7. The predicted octanol–water partition coefficient (Wildman–Crippen LogP) is 3.03. The van der Waals surface area contributed by atoms with Crippen LogP contribution in [0.25, 0.3) is 0 Å². The van der Waals surface area contributed by atoms with E-state index in [0.717, 1.165) is 11.3 Å². The Morgan fingerprint density at radius 2 is 2.11 bits per heavy atom. The van der Waals surface area contributed by atoms with Crippen molar-refractivity contribution in [3.63, 3.8) is 0 Å². The van der Waals surface area contributed by atoms with Crippen LogP contribution in [0.5, 0.6) is 5.75 Å². The third-order valence-electron chi connectivity index (χ3n) is 2.47. The van der Waals surface area contributed by atoms with E-state index in [-0.39, 0.29) is 5.15 Å². The fraction of sp³-hybridized carbons (Fsp3) is 0.231. The summed E-state index contributed by atoms with van der Waals surface area (Å²) in [6.45, 7) is 0.553. The van der Waals surface area contributed by atoms with Crippen molar-refractivity contribution in [1.82, 2.24) is 9.97 Å². The van der Waals surface area contributed by atoms with Crippen molar-refractivity contribution in [3.05, 3.63) is 41.3 Å². The Kier molecular flexibility index (Phi) is 4.54. The fourth-order valence-corrected chi connectivity index (χ4v) is 1.87. The van der Waals surface area contributed by atoms with Gasteiger partial charge in [0.1, 0.15) is 6.33 Å². The molecule has 2 aromatic rings. The maximum absolute atomic E-state index is 5.94. The minimum atomic E-state index is 0.271. The van der Waals surface area contributed by atoms with E-state index in [1.165, 1.54) is 13.4 Å². The van der Waals surface area contributed by atoms with Crippen LogP contribution in [0, 0.1) is 0 Å². The summed E-state index contributed by atoms with van der Waals surface area (Å²) in [5, 5.41) is 3.42. The van der Waals surface area contributed by atoms with Crippen LogP contribution in [0.3, 0.4) is 0 Å². The number of ether oxygens (including phenoxy) is 2. The van der Waals surface area contributed by atoms with Gasteiger partial charge in [-0.05, 0) is 17.7 Å². The van der Waals surface area contributed by atoms with Crippen LogP contribution in [0.2, 0.25) is 5.15 Å². The van der Waals surface area contributed by atoms with Gasteiger partial charge in [-0.3, -0.25) is 0 Å². The van der Waals surface area contributed by atoms with Crippen molar-refractivity contribution in [2.24, 2.45) is 0 Å². The number of hydrogen-bond donors (Lipinski definition) is 1. The third-order valence-corrected chi connectivity index (χ3v) is 2.73. The third kappa shape index (κ3) is 3.33. The van der Waals surface area contributed by atoms with Gasteiger partial charge in [0.05, 0.1) is 13.7 Å². The van der Waals surface area contributed by atoms with Gasteiger partial charge < -0.3 is 14.8 Å². The van der Waals surface area contributed by atoms with Crippen LogP contribution in [0.1, 0.15) is 5.56 Å². The Hall–Kier alpha value is -1.85.